The molecule has 0 aliphatic rings. The number of hydrogen-bond donors (Lipinski definition) is 2. The van der Waals surface area contributed by atoms with Gasteiger partial charge < -0.3 is 10.4 Å². The third kappa shape index (κ3) is 2.38. The second kappa shape index (κ2) is 5.16. The number of halogens is 1. The summed E-state index contributed by atoms with van der Waals surface area (Å²) in [6, 6.07) is 8.35. The first kappa shape index (κ1) is 13.0. The van der Waals surface area contributed by atoms with Crippen LogP contribution in [0.15, 0.2) is 48.9 Å². The number of fused-ring (bicyclic) bond motifs is 1. The average Bonchev–Trinajstić information content (AvgIpc) is 2.49. The van der Waals surface area contributed by atoms with Crippen LogP contribution in [0.2, 0.25) is 0 Å². The summed E-state index contributed by atoms with van der Waals surface area (Å²) >= 11 is 0. The van der Waals surface area contributed by atoms with Gasteiger partial charge in [-0.1, -0.05) is 12.1 Å². The van der Waals surface area contributed by atoms with Gasteiger partial charge in [-0.15, -0.1) is 0 Å². The van der Waals surface area contributed by atoms with Crippen molar-refractivity contribution in [3.8, 4) is 0 Å². The molecule has 5 nitrogen and oxygen atoms in total. The first-order chi connectivity index (χ1) is 10.2. The van der Waals surface area contributed by atoms with E-state index in [-0.39, 0.29) is 5.82 Å². The highest BCUT2D eigenvalue weighted by Gasteiger charge is 2.15. The van der Waals surface area contributed by atoms with Gasteiger partial charge in [0.15, 0.2) is 11.6 Å². The van der Waals surface area contributed by atoms with Crippen LogP contribution >= 0.6 is 0 Å². The van der Waals surface area contributed by atoms with Gasteiger partial charge in [0.1, 0.15) is 5.56 Å². The second-order valence-corrected chi connectivity index (χ2v) is 4.35. The fourth-order valence-corrected chi connectivity index (χ4v) is 2.06. The van der Waals surface area contributed by atoms with Crippen LogP contribution < -0.4 is 5.32 Å². The molecule has 1 aromatic carbocycles. The van der Waals surface area contributed by atoms with Gasteiger partial charge in [-0.05, 0) is 18.2 Å². The Hall–Kier alpha value is -3.02. The third-order valence-electron chi connectivity index (χ3n) is 3.05. The van der Waals surface area contributed by atoms with Gasteiger partial charge in [0, 0.05) is 35.1 Å². The molecule has 0 unspecified atom stereocenters. The van der Waals surface area contributed by atoms with Crippen molar-refractivity contribution in [3.63, 3.8) is 0 Å². The maximum atomic E-state index is 14.1. The molecule has 0 saturated carbocycles. The fraction of sp³-hybridized carbons (Fsp3) is 0. The molecule has 0 atom stereocenters. The molecule has 0 bridgehead atoms. The number of rotatable bonds is 3. The lowest BCUT2D eigenvalue weighted by molar-refractivity contribution is 0.0692. The topological polar surface area (TPSA) is 75.1 Å². The van der Waals surface area contributed by atoms with Crippen LogP contribution in [0.5, 0.6) is 0 Å². The zero-order valence-electron chi connectivity index (χ0n) is 10.7. The van der Waals surface area contributed by atoms with E-state index in [2.05, 4.69) is 15.3 Å². The minimum absolute atomic E-state index is 0.126. The number of aromatic carboxylic acids is 1. The van der Waals surface area contributed by atoms with E-state index in [1.54, 1.807) is 30.6 Å². The van der Waals surface area contributed by atoms with E-state index in [1.165, 1.54) is 6.20 Å². The van der Waals surface area contributed by atoms with Gasteiger partial charge in [0.2, 0.25) is 0 Å². The molecule has 2 aromatic heterocycles. The minimum Gasteiger partial charge on any atom is -0.478 e. The number of carbonyl (C=O) groups is 1. The smallest absolute Gasteiger partial charge is 0.338 e. The summed E-state index contributed by atoms with van der Waals surface area (Å²) in [5.74, 6) is -2.35. The molecule has 3 rings (SSSR count). The molecule has 3 aromatic rings. The van der Waals surface area contributed by atoms with Crippen molar-refractivity contribution in [1.82, 2.24) is 9.97 Å². The Bertz CT molecular complexity index is 831. The number of nitrogens with zero attached hydrogens (tertiary/aromatic N) is 2. The molecule has 21 heavy (non-hydrogen) atoms. The van der Waals surface area contributed by atoms with Crippen LogP contribution in [-0.2, 0) is 0 Å². The third-order valence-corrected chi connectivity index (χ3v) is 3.05. The van der Waals surface area contributed by atoms with Gasteiger partial charge in [-0.2, -0.15) is 0 Å². The molecule has 6 heteroatoms. The largest absolute Gasteiger partial charge is 0.478 e. The lowest BCUT2D eigenvalue weighted by atomic mass is 10.1. The predicted molar refractivity (Wildman–Crippen MR) is 76.2 cm³/mol. The summed E-state index contributed by atoms with van der Waals surface area (Å²) in [6.45, 7) is 0. The zero-order valence-corrected chi connectivity index (χ0v) is 10.7. The summed E-state index contributed by atoms with van der Waals surface area (Å²) in [6.07, 6.45) is 4.57. The second-order valence-electron chi connectivity index (χ2n) is 4.35. The lowest BCUT2D eigenvalue weighted by Gasteiger charge is -2.10. The van der Waals surface area contributed by atoms with Crippen molar-refractivity contribution >= 4 is 28.2 Å². The number of aromatic nitrogens is 2. The molecular formula is C15H10FN3O2. The number of pyridine rings is 2. The Balaban J connectivity index is 2.07. The van der Waals surface area contributed by atoms with E-state index >= 15 is 0 Å². The summed E-state index contributed by atoms with van der Waals surface area (Å²) < 4.78 is 14.1. The standard InChI is InChI=1S/C15H10FN3O2/c16-13-11(15(20)21)5-7-18-14(13)19-12-3-1-2-9-8-17-6-4-10(9)12/h1-8H,(H,18,19)(H,20,21). The fourth-order valence-electron chi connectivity index (χ4n) is 2.06. The molecule has 104 valence electrons. The van der Waals surface area contributed by atoms with Gasteiger partial charge in [-0.25, -0.2) is 14.2 Å². The van der Waals surface area contributed by atoms with Crippen LogP contribution in [0.25, 0.3) is 10.8 Å². The minimum atomic E-state index is -1.33. The molecule has 0 spiro atoms. The molecular weight excluding hydrogens is 273 g/mol. The number of hydrogen-bond acceptors (Lipinski definition) is 4. The zero-order chi connectivity index (χ0) is 14.8. The number of anilines is 2. The highest BCUT2D eigenvalue weighted by Crippen LogP contribution is 2.26. The van der Waals surface area contributed by atoms with Crippen molar-refractivity contribution in [2.75, 3.05) is 5.32 Å². The van der Waals surface area contributed by atoms with Gasteiger partial charge >= 0.3 is 5.97 Å². The van der Waals surface area contributed by atoms with Gasteiger partial charge in [-0.3, -0.25) is 4.98 Å². The van der Waals surface area contributed by atoms with Gasteiger partial charge in [0.05, 0.1) is 0 Å². The molecule has 0 aliphatic carbocycles. The van der Waals surface area contributed by atoms with Crippen molar-refractivity contribution in [3.05, 3.63) is 60.3 Å². The van der Waals surface area contributed by atoms with Crippen LogP contribution in [0.1, 0.15) is 10.4 Å². The maximum absolute atomic E-state index is 14.1. The predicted octanol–water partition coefficient (Wildman–Crippen LogP) is 3.21. The van der Waals surface area contributed by atoms with Crippen molar-refractivity contribution in [2.24, 2.45) is 0 Å². The summed E-state index contributed by atoms with van der Waals surface area (Å²) in [5.41, 5.74) is 0.207. The first-order valence-electron chi connectivity index (χ1n) is 6.14. The van der Waals surface area contributed by atoms with Crippen molar-refractivity contribution in [1.29, 1.82) is 0 Å². The van der Waals surface area contributed by atoms with Gasteiger partial charge in [0.25, 0.3) is 0 Å². The van der Waals surface area contributed by atoms with Crippen molar-refractivity contribution in [2.45, 2.75) is 0 Å². The van der Waals surface area contributed by atoms with E-state index in [0.717, 1.165) is 16.8 Å². The molecule has 0 fully saturated rings. The van der Waals surface area contributed by atoms with Crippen LogP contribution in [0.3, 0.4) is 0 Å². The summed E-state index contributed by atoms with van der Waals surface area (Å²) in [7, 11) is 0. The Morgan fingerprint density at radius 1 is 1.19 bits per heavy atom. The number of nitrogens with one attached hydrogen (secondary N) is 1. The monoisotopic (exact) mass is 283 g/mol. The Morgan fingerprint density at radius 3 is 2.86 bits per heavy atom. The van der Waals surface area contributed by atoms with E-state index in [4.69, 9.17) is 5.11 Å². The SMILES string of the molecule is O=C(O)c1ccnc(Nc2cccc3cnccc23)c1F. The van der Waals surface area contributed by atoms with E-state index in [9.17, 15) is 9.18 Å². The lowest BCUT2D eigenvalue weighted by Crippen LogP contribution is -2.05. The van der Waals surface area contributed by atoms with E-state index in [0.29, 0.717) is 5.69 Å². The molecule has 0 aliphatic heterocycles. The Kier molecular flexibility index (Phi) is 3.19. The molecule has 0 radical (unpaired) electrons. The first-order valence-corrected chi connectivity index (χ1v) is 6.14. The van der Waals surface area contributed by atoms with Crippen LogP contribution in [-0.4, -0.2) is 21.0 Å². The van der Waals surface area contributed by atoms with Crippen molar-refractivity contribution < 1.29 is 14.3 Å². The number of carboxylic acid groups (broad SMARTS) is 1. The van der Waals surface area contributed by atoms with Crippen LogP contribution in [0, 0.1) is 5.82 Å². The highest BCUT2D eigenvalue weighted by molar-refractivity contribution is 5.95. The van der Waals surface area contributed by atoms with E-state index < -0.39 is 17.3 Å². The normalized spacial score (nSPS) is 10.5. The molecule has 2 heterocycles. The molecule has 2 N–H and O–H groups in total. The summed E-state index contributed by atoms with van der Waals surface area (Å²) in [5, 5.41) is 13.5. The number of benzene rings is 1. The maximum Gasteiger partial charge on any atom is 0.338 e. The van der Waals surface area contributed by atoms with Crippen LogP contribution in [0.4, 0.5) is 15.9 Å². The highest BCUT2D eigenvalue weighted by atomic mass is 19.1. The summed E-state index contributed by atoms with van der Waals surface area (Å²) in [4.78, 5) is 18.8. The molecule has 0 saturated heterocycles. The number of carboxylic acids is 1. The quantitative estimate of drug-likeness (QED) is 0.772. The average molecular weight is 283 g/mol. The Morgan fingerprint density at radius 2 is 2.05 bits per heavy atom. The molecule has 0 amide bonds. The van der Waals surface area contributed by atoms with E-state index in [1.807, 2.05) is 6.07 Å². The Labute approximate surface area is 119 Å².